The maximum atomic E-state index is 10.1. The minimum atomic E-state index is 0.649. The van der Waals surface area contributed by atoms with Gasteiger partial charge in [-0.2, -0.15) is 0 Å². The van der Waals surface area contributed by atoms with Gasteiger partial charge in [-0.1, -0.05) is 42.5 Å². The van der Waals surface area contributed by atoms with Crippen LogP contribution < -0.4 is 0 Å². The van der Waals surface area contributed by atoms with Crippen LogP contribution in [-0.2, 0) is 4.79 Å². The van der Waals surface area contributed by atoms with Crippen molar-refractivity contribution in [3.63, 3.8) is 0 Å². The monoisotopic (exact) mass is 220 g/mol. The van der Waals surface area contributed by atoms with Gasteiger partial charge in [0, 0.05) is 5.88 Å². The molecule has 0 N–H and O–H groups in total. The van der Waals surface area contributed by atoms with E-state index in [1.807, 2.05) is 36.4 Å². The van der Waals surface area contributed by atoms with Crippen LogP contribution in [0.1, 0.15) is 17.5 Å². The number of hydrogen-bond donors (Lipinski definition) is 0. The fourth-order valence-electron chi connectivity index (χ4n) is 1.15. The molecule has 0 radical (unpaired) electrons. The Labute approximate surface area is 95.1 Å². The molecule has 0 atom stereocenters. The van der Waals surface area contributed by atoms with E-state index in [0.29, 0.717) is 5.88 Å². The summed E-state index contributed by atoms with van der Waals surface area (Å²) in [5.41, 5.74) is 2.17. The molecule has 0 fully saturated rings. The first-order chi connectivity index (χ1) is 7.36. The average Bonchev–Trinajstić information content (AvgIpc) is 2.28. The second kappa shape index (κ2) is 7.02. The molecule has 0 unspecified atom stereocenters. The van der Waals surface area contributed by atoms with E-state index in [1.165, 1.54) is 6.08 Å². The lowest BCUT2D eigenvalue weighted by atomic mass is 10.1. The smallest absolute Gasteiger partial charge is 0.142 e. The zero-order valence-electron chi connectivity index (χ0n) is 8.40. The zero-order chi connectivity index (χ0) is 10.9. The predicted molar refractivity (Wildman–Crippen MR) is 65.9 cm³/mol. The molecule has 0 saturated carbocycles. The van der Waals surface area contributed by atoms with Crippen molar-refractivity contribution < 1.29 is 4.79 Å². The molecule has 1 aromatic carbocycles. The molecule has 0 aliphatic heterocycles. The lowest BCUT2D eigenvalue weighted by Gasteiger charge is -1.95. The number of halogens is 1. The number of rotatable bonds is 5. The van der Waals surface area contributed by atoms with Crippen LogP contribution in [0.3, 0.4) is 0 Å². The summed E-state index contributed by atoms with van der Waals surface area (Å²) in [6.07, 6.45) is 9.00. The number of aldehydes is 1. The fraction of sp³-hybridized carbons (Fsp3) is 0.154. The maximum absolute atomic E-state index is 10.1. The van der Waals surface area contributed by atoms with Crippen molar-refractivity contribution in [1.82, 2.24) is 0 Å². The van der Waals surface area contributed by atoms with E-state index in [2.05, 4.69) is 0 Å². The minimum absolute atomic E-state index is 0.649. The van der Waals surface area contributed by atoms with Crippen molar-refractivity contribution in [1.29, 1.82) is 0 Å². The Bertz CT molecular complexity index is 349. The van der Waals surface area contributed by atoms with Gasteiger partial charge in [0.2, 0.25) is 0 Å². The minimum Gasteiger partial charge on any atom is -0.299 e. The largest absolute Gasteiger partial charge is 0.299 e. The molecule has 1 rings (SSSR count). The van der Waals surface area contributed by atoms with Gasteiger partial charge in [-0.3, -0.25) is 4.79 Å². The number of carbonyl (C=O) groups is 1. The Hall–Kier alpha value is -1.34. The summed E-state index contributed by atoms with van der Waals surface area (Å²) in [6, 6.07) is 7.96. The molecule has 2 heteroatoms. The molecule has 0 saturated heterocycles. The number of carbonyl (C=O) groups excluding carboxylic acids is 1. The maximum Gasteiger partial charge on any atom is 0.142 e. The van der Waals surface area contributed by atoms with Crippen molar-refractivity contribution in [2.24, 2.45) is 0 Å². The highest BCUT2D eigenvalue weighted by atomic mass is 35.5. The Balaban J connectivity index is 2.63. The van der Waals surface area contributed by atoms with Crippen LogP contribution in [-0.4, -0.2) is 12.2 Å². The van der Waals surface area contributed by atoms with Gasteiger partial charge in [-0.15, -0.1) is 11.6 Å². The third-order valence-corrected chi connectivity index (χ3v) is 2.11. The average molecular weight is 221 g/mol. The van der Waals surface area contributed by atoms with Crippen molar-refractivity contribution in [2.45, 2.75) is 6.42 Å². The molecular formula is C13H13ClO. The normalized spacial score (nSPS) is 11.3. The van der Waals surface area contributed by atoms with Gasteiger partial charge < -0.3 is 0 Å². The summed E-state index contributed by atoms with van der Waals surface area (Å²) < 4.78 is 0. The van der Waals surface area contributed by atoms with E-state index in [1.54, 1.807) is 6.08 Å². The summed E-state index contributed by atoms with van der Waals surface area (Å²) in [6.45, 7) is 0. The van der Waals surface area contributed by atoms with Crippen molar-refractivity contribution in [2.75, 3.05) is 5.88 Å². The lowest BCUT2D eigenvalue weighted by molar-refractivity contribution is -0.104. The summed E-state index contributed by atoms with van der Waals surface area (Å²) in [5, 5.41) is 0. The van der Waals surface area contributed by atoms with Crippen LogP contribution in [0.15, 0.2) is 36.4 Å². The molecule has 1 aromatic rings. The number of benzene rings is 1. The van der Waals surface area contributed by atoms with Crippen LogP contribution in [0.25, 0.3) is 12.2 Å². The number of allylic oxidation sites excluding steroid dienone is 2. The number of alkyl halides is 1. The van der Waals surface area contributed by atoms with Gasteiger partial charge in [0.25, 0.3) is 0 Å². The van der Waals surface area contributed by atoms with Gasteiger partial charge in [0.05, 0.1) is 0 Å². The molecule has 15 heavy (non-hydrogen) atoms. The molecule has 0 aromatic heterocycles. The first-order valence-corrected chi connectivity index (χ1v) is 5.34. The van der Waals surface area contributed by atoms with E-state index >= 15 is 0 Å². The second-order valence-electron chi connectivity index (χ2n) is 3.04. The molecule has 0 heterocycles. The fourth-order valence-corrected chi connectivity index (χ4v) is 1.28. The van der Waals surface area contributed by atoms with Gasteiger partial charge in [0.15, 0.2) is 0 Å². The van der Waals surface area contributed by atoms with E-state index in [0.717, 1.165) is 23.8 Å². The summed E-state index contributed by atoms with van der Waals surface area (Å²) in [7, 11) is 0. The Morgan fingerprint density at radius 3 is 2.20 bits per heavy atom. The third-order valence-electron chi connectivity index (χ3n) is 1.89. The molecule has 0 bridgehead atoms. The molecular weight excluding hydrogens is 208 g/mol. The molecule has 0 amide bonds. The Kier molecular flexibility index (Phi) is 5.49. The third kappa shape index (κ3) is 4.61. The van der Waals surface area contributed by atoms with Crippen molar-refractivity contribution in [3.8, 4) is 0 Å². The molecule has 0 aliphatic carbocycles. The van der Waals surface area contributed by atoms with E-state index in [-0.39, 0.29) is 0 Å². The lowest BCUT2D eigenvalue weighted by Crippen LogP contribution is -1.75. The number of hydrogen-bond acceptors (Lipinski definition) is 1. The van der Waals surface area contributed by atoms with Gasteiger partial charge in [0.1, 0.15) is 6.29 Å². The second-order valence-corrected chi connectivity index (χ2v) is 3.42. The predicted octanol–water partition coefficient (Wildman–Crippen LogP) is 3.54. The standard InChI is InChI=1S/C13H13ClO/c14-10-2-1-4-12-6-8-13(9-7-12)5-3-11-15/h1,3-9,11H,2,10H2/b4-1?,5-3+. The van der Waals surface area contributed by atoms with E-state index in [9.17, 15) is 4.79 Å². The highest BCUT2D eigenvalue weighted by molar-refractivity contribution is 6.17. The van der Waals surface area contributed by atoms with Crippen LogP contribution in [0.5, 0.6) is 0 Å². The first-order valence-electron chi connectivity index (χ1n) is 4.81. The topological polar surface area (TPSA) is 17.1 Å². The Morgan fingerprint density at radius 1 is 1.07 bits per heavy atom. The van der Waals surface area contributed by atoms with Crippen LogP contribution in [0.4, 0.5) is 0 Å². The van der Waals surface area contributed by atoms with Crippen molar-refractivity contribution in [3.05, 3.63) is 47.5 Å². The van der Waals surface area contributed by atoms with E-state index in [4.69, 9.17) is 11.6 Å². The van der Waals surface area contributed by atoms with Crippen LogP contribution in [0.2, 0.25) is 0 Å². The van der Waals surface area contributed by atoms with Gasteiger partial charge >= 0.3 is 0 Å². The van der Waals surface area contributed by atoms with Gasteiger partial charge in [-0.25, -0.2) is 0 Å². The molecule has 1 nitrogen and oxygen atoms in total. The zero-order valence-corrected chi connectivity index (χ0v) is 9.15. The van der Waals surface area contributed by atoms with Crippen molar-refractivity contribution >= 4 is 30.0 Å². The molecule has 78 valence electrons. The highest BCUT2D eigenvalue weighted by Gasteiger charge is 1.87. The summed E-state index contributed by atoms with van der Waals surface area (Å²) in [4.78, 5) is 10.1. The summed E-state index contributed by atoms with van der Waals surface area (Å²) in [5.74, 6) is 0.649. The quantitative estimate of drug-likeness (QED) is 0.422. The van der Waals surface area contributed by atoms with Gasteiger partial charge in [-0.05, 0) is 23.6 Å². The summed E-state index contributed by atoms with van der Waals surface area (Å²) >= 11 is 5.56. The highest BCUT2D eigenvalue weighted by Crippen LogP contribution is 2.08. The SMILES string of the molecule is O=C/C=C/c1ccc(C=CCCCl)cc1. The first kappa shape index (κ1) is 11.7. The van der Waals surface area contributed by atoms with Crippen LogP contribution >= 0.6 is 11.6 Å². The molecule has 0 aliphatic rings. The van der Waals surface area contributed by atoms with Crippen LogP contribution in [0, 0.1) is 0 Å². The Morgan fingerprint density at radius 2 is 1.67 bits per heavy atom. The molecule has 0 spiro atoms. The van der Waals surface area contributed by atoms with E-state index < -0.39 is 0 Å².